The van der Waals surface area contributed by atoms with E-state index >= 15 is 0 Å². The van der Waals surface area contributed by atoms with Crippen LogP contribution in [0.3, 0.4) is 0 Å². The third-order valence-corrected chi connectivity index (χ3v) is 7.35. The molecular weight excluding hydrogens is 448 g/mol. The van der Waals surface area contributed by atoms with Gasteiger partial charge in [-0.15, -0.1) is 0 Å². The Labute approximate surface area is 198 Å². The van der Waals surface area contributed by atoms with E-state index in [4.69, 9.17) is 21.1 Å². The van der Waals surface area contributed by atoms with Crippen molar-refractivity contribution >= 4 is 35.1 Å². The van der Waals surface area contributed by atoms with Gasteiger partial charge >= 0.3 is 5.97 Å². The Balaban J connectivity index is 1.75. The van der Waals surface area contributed by atoms with Crippen LogP contribution in [0.5, 0.6) is 0 Å². The number of aliphatic hydroxyl groups is 1. The molecular formula is C24H31ClN2O6. The number of benzene rings is 1. The fourth-order valence-corrected chi connectivity index (χ4v) is 6.06. The van der Waals surface area contributed by atoms with Gasteiger partial charge in [-0.25, -0.2) is 0 Å². The molecule has 0 unspecified atom stereocenters. The van der Waals surface area contributed by atoms with Crippen molar-refractivity contribution in [1.82, 2.24) is 4.90 Å². The van der Waals surface area contributed by atoms with Crippen LogP contribution in [0.2, 0.25) is 5.02 Å². The number of carbonyl (C=O) groups excluding carboxylic acids is 3. The van der Waals surface area contributed by atoms with Crippen LogP contribution in [-0.4, -0.2) is 64.8 Å². The van der Waals surface area contributed by atoms with Crippen molar-refractivity contribution in [2.24, 2.45) is 17.8 Å². The number of nitrogens with one attached hydrogen (secondary N) is 1. The van der Waals surface area contributed by atoms with Gasteiger partial charge in [0.15, 0.2) is 0 Å². The average Bonchev–Trinajstić information content (AvgIpc) is 3.41. The largest absolute Gasteiger partial charge is 0.466 e. The Kier molecular flexibility index (Phi) is 6.71. The number of esters is 1. The van der Waals surface area contributed by atoms with Gasteiger partial charge in [-0.05, 0) is 44.2 Å². The third kappa shape index (κ3) is 3.92. The third-order valence-electron chi connectivity index (χ3n) is 7.02. The van der Waals surface area contributed by atoms with E-state index in [0.29, 0.717) is 30.0 Å². The fraction of sp³-hybridized carbons (Fsp3) is 0.625. The number of carbonyl (C=O) groups is 3. The lowest BCUT2D eigenvalue weighted by molar-refractivity contribution is -0.155. The average molecular weight is 479 g/mol. The highest BCUT2D eigenvalue weighted by Crippen LogP contribution is 2.59. The number of hydrogen-bond donors (Lipinski definition) is 2. The van der Waals surface area contributed by atoms with Gasteiger partial charge in [0.25, 0.3) is 0 Å². The van der Waals surface area contributed by atoms with E-state index in [1.165, 1.54) is 4.90 Å². The molecule has 0 aromatic heterocycles. The van der Waals surface area contributed by atoms with E-state index in [2.05, 4.69) is 5.32 Å². The molecule has 1 spiro atoms. The van der Waals surface area contributed by atoms with Crippen LogP contribution in [0.25, 0.3) is 0 Å². The topological polar surface area (TPSA) is 105 Å². The number of fused-ring (bicyclic) bond motifs is 1. The summed E-state index contributed by atoms with van der Waals surface area (Å²) < 4.78 is 11.6. The maximum absolute atomic E-state index is 13.8. The number of halogens is 1. The van der Waals surface area contributed by atoms with Crippen molar-refractivity contribution in [2.75, 3.05) is 18.5 Å². The number of amides is 2. The molecule has 3 heterocycles. The summed E-state index contributed by atoms with van der Waals surface area (Å²) in [7, 11) is 0. The molecule has 2 N–H and O–H groups in total. The number of aliphatic hydroxyl groups excluding tert-OH is 1. The van der Waals surface area contributed by atoms with Crippen molar-refractivity contribution < 1.29 is 29.0 Å². The van der Waals surface area contributed by atoms with E-state index in [0.717, 1.165) is 0 Å². The minimum atomic E-state index is -1.14. The summed E-state index contributed by atoms with van der Waals surface area (Å²) in [5.41, 5.74) is -0.718. The molecule has 3 fully saturated rings. The van der Waals surface area contributed by atoms with E-state index < -0.39 is 47.5 Å². The molecule has 1 aromatic carbocycles. The first-order valence-corrected chi connectivity index (χ1v) is 12.0. The Bertz CT molecular complexity index is 939. The highest BCUT2D eigenvalue weighted by atomic mass is 35.5. The highest BCUT2D eigenvalue weighted by Gasteiger charge is 2.75. The molecule has 3 saturated heterocycles. The summed E-state index contributed by atoms with van der Waals surface area (Å²) in [6.07, 6.45) is 1.08. The molecule has 9 heteroatoms. The minimum Gasteiger partial charge on any atom is -0.466 e. The van der Waals surface area contributed by atoms with Crippen molar-refractivity contribution in [2.45, 2.75) is 63.8 Å². The van der Waals surface area contributed by atoms with E-state index in [1.807, 2.05) is 13.8 Å². The van der Waals surface area contributed by atoms with Crippen LogP contribution in [0.1, 0.15) is 40.0 Å². The molecule has 8 nitrogen and oxygen atoms in total. The van der Waals surface area contributed by atoms with E-state index in [1.54, 1.807) is 31.2 Å². The number of anilines is 1. The summed E-state index contributed by atoms with van der Waals surface area (Å²) in [5, 5.41) is 13.4. The highest BCUT2D eigenvalue weighted by molar-refractivity contribution is 6.33. The van der Waals surface area contributed by atoms with Crippen LogP contribution in [0.4, 0.5) is 5.69 Å². The Morgan fingerprint density at radius 1 is 1.36 bits per heavy atom. The van der Waals surface area contributed by atoms with Gasteiger partial charge < -0.3 is 24.8 Å². The molecule has 4 rings (SSSR count). The van der Waals surface area contributed by atoms with Gasteiger partial charge in [-0.2, -0.15) is 0 Å². The summed E-state index contributed by atoms with van der Waals surface area (Å²) in [4.78, 5) is 41.8. The van der Waals surface area contributed by atoms with Gasteiger partial charge in [0, 0.05) is 0 Å². The second kappa shape index (κ2) is 9.24. The van der Waals surface area contributed by atoms with Crippen molar-refractivity contribution in [3.05, 3.63) is 29.3 Å². The molecule has 180 valence electrons. The van der Waals surface area contributed by atoms with Crippen molar-refractivity contribution in [1.29, 1.82) is 0 Å². The fourth-order valence-electron chi connectivity index (χ4n) is 5.87. The predicted octanol–water partition coefficient (Wildman–Crippen LogP) is 2.62. The SMILES string of the molecule is CCOC(=O)[C@@H]1[C@H]2C(=O)N([C@@H](CO)CC(C)C)[C@H](C(=O)Nc3ccccc3Cl)[C@]23CC[C@H]1O3. The number of para-hydroxylation sites is 1. The summed E-state index contributed by atoms with van der Waals surface area (Å²) in [5.74, 6) is -2.65. The molecule has 1 aromatic rings. The van der Waals surface area contributed by atoms with Gasteiger partial charge in [0.05, 0.1) is 47.9 Å². The first-order valence-electron chi connectivity index (χ1n) is 11.6. The van der Waals surface area contributed by atoms with Crippen molar-refractivity contribution in [3.63, 3.8) is 0 Å². The number of rotatable bonds is 8. The van der Waals surface area contributed by atoms with Gasteiger partial charge in [0.2, 0.25) is 11.8 Å². The smallest absolute Gasteiger partial charge is 0.312 e. The lowest BCUT2D eigenvalue weighted by Gasteiger charge is -2.37. The monoisotopic (exact) mass is 478 g/mol. The first-order chi connectivity index (χ1) is 15.7. The van der Waals surface area contributed by atoms with Crippen LogP contribution in [-0.2, 0) is 23.9 Å². The zero-order valence-electron chi connectivity index (χ0n) is 19.1. The van der Waals surface area contributed by atoms with E-state index in [-0.39, 0.29) is 25.0 Å². The Morgan fingerprint density at radius 3 is 2.73 bits per heavy atom. The molecule has 33 heavy (non-hydrogen) atoms. The number of hydrogen-bond acceptors (Lipinski definition) is 6. The number of ether oxygens (including phenoxy) is 2. The molecule has 3 aliphatic heterocycles. The molecule has 2 bridgehead atoms. The van der Waals surface area contributed by atoms with Gasteiger partial charge in [-0.1, -0.05) is 37.6 Å². The van der Waals surface area contributed by atoms with Crippen LogP contribution < -0.4 is 5.32 Å². The maximum Gasteiger partial charge on any atom is 0.312 e. The van der Waals surface area contributed by atoms with Crippen LogP contribution in [0.15, 0.2) is 24.3 Å². The van der Waals surface area contributed by atoms with Crippen molar-refractivity contribution in [3.8, 4) is 0 Å². The normalized spacial score (nSPS) is 31.1. The Hall–Kier alpha value is -2.16. The second-order valence-corrected chi connectivity index (χ2v) is 9.90. The minimum absolute atomic E-state index is 0.179. The van der Waals surface area contributed by atoms with Crippen LogP contribution in [0, 0.1) is 17.8 Å². The Morgan fingerprint density at radius 2 is 2.09 bits per heavy atom. The summed E-state index contributed by atoms with van der Waals surface area (Å²) in [6, 6.07) is 5.29. The first kappa shape index (κ1) is 24.0. The molecule has 0 aliphatic carbocycles. The lowest BCUT2D eigenvalue weighted by Crippen LogP contribution is -2.56. The lowest BCUT2D eigenvalue weighted by atomic mass is 9.70. The summed E-state index contributed by atoms with van der Waals surface area (Å²) in [6.45, 7) is 5.60. The number of nitrogens with zero attached hydrogens (tertiary/aromatic N) is 1. The molecule has 3 aliphatic rings. The zero-order valence-corrected chi connectivity index (χ0v) is 19.9. The van der Waals surface area contributed by atoms with E-state index in [9.17, 15) is 19.5 Å². The maximum atomic E-state index is 13.8. The molecule has 6 atom stereocenters. The van der Waals surface area contributed by atoms with Gasteiger partial charge in [-0.3, -0.25) is 14.4 Å². The quantitative estimate of drug-likeness (QED) is 0.556. The molecule has 0 saturated carbocycles. The predicted molar refractivity (Wildman–Crippen MR) is 121 cm³/mol. The number of likely N-dealkylation sites (tertiary alicyclic amines) is 1. The van der Waals surface area contributed by atoms with Gasteiger partial charge in [0.1, 0.15) is 11.6 Å². The zero-order chi connectivity index (χ0) is 23.9. The molecule has 2 amide bonds. The summed E-state index contributed by atoms with van der Waals surface area (Å²) >= 11 is 6.26. The molecule has 0 radical (unpaired) electrons. The standard InChI is InChI=1S/C24H31ClN2O6/c1-4-32-23(31)18-17-9-10-24(33-17)19(18)22(30)27(14(12-28)11-13(2)3)20(24)21(29)26-16-8-6-5-7-15(16)25/h5-8,13-14,17-20,28H,4,9-12H2,1-3H3,(H,26,29)/t14-,17-,18+,19+,20-,24+/m1/s1. The van der Waals surface area contributed by atoms with Crippen LogP contribution >= 0.6 is 11.6 Å². The second-order valence-electron chi connectivity index (χ2n) is 9.49.